The van der Waals surface area contributed by atoms with E-state index in [2.05, 4.69) is 132 Å². The second kappa shape index (κ2) is 11.7. The van der Waals surface area contributed by atoms with Crippen molar-refractivity contribution in [1.82, 2.24) is 15.0 Å². The van der Waals surface area contributed by atoms with E-state index in [-0.39, 0.29) is 0 Å². The fraction of sp³-hybridized carbons (Fsp3) is 0. The molecule has 0 saturated carbocycles. The third-order valence-corrected chi connectivity index (χ3v) is 9.19. The molecule has 0 aliphatic heterocycles. The Morgan fingerprint density at radius 2 is 0.708 bits per heavy atom. The molecule has 0 radical (unpaired) electrons. The minimum atomic E-state index is 0.719. The zero-order valence-corrected chi connectivity index (χ0v) is 26.1. The quantitative estimate of drug-likeness (QED) is 0.182. The molecule has 2 aromatic heterocycles. The molecular weight excluding hydrogens is 583 g/mol. The van der Waals surface area contributed by atoms with E-state index >= 15 is 0 Å². The number of hydrogen-bond acceptors (Lipinski definition) is 3. The van der Waals surface area contributed by atoms with Crippen LogP contribution < -0.4 is 0 Å². The second-order valence-corrected chi connectivity index (χ2v) is 12.1. The summed E-state index contributed by atoms with van der Waals surface area (Å²) in [5.41, 5.74) is 9.69. The first-order valence-corrected chi connectivity index (χ1v) is 16.2. The average Bonchev–Trinajstić information content (AvgIpc) is 3.18. The number of hydrogen-bond donors (Lipinski definition) is 0. The summed E-state index contributed by atoms with van der Waals surface area (Å²) in [5, 5.41) is 7.41. The molecule has 7 aromatic carbocycles. The van der Waals surface area contributed by atoms with Gasteiger partial charge < -0.3 is 0 Å². The zero-order valence-electron chi connectivity index (χ0n) is 26.1. The third-order valence-electron chi connectivity index (χ3n) is 9.19. The molecule has 0 bridgehead atoms. The predicted molar refractivity (Wildman–Crippen MR) is 200 cm³/mol. The van der Waals surface area contributed by atoms with Gasteiger partial charge in [0.15, 0.2) is 5.82 Å². The lowest BCUT2D eigenvalue weighted by Crippen LogP contribution is -1.96. The minimum Gasteiger partial charge on any atom is -0.265 e. The van der Waals surface area contributed by atoms with Crippen LogP contribution in [0.3, 0.4) is 0 Å². The van der Waals surface area contributed by atoms with Crippen LogP contribution in [0.5, 0.6) is 0 Å². The van der Waals surface area contributed by atoms with Crippen molar-refractivity contribution < 1.29 is 0 Å². The van der Waals surface area contributed by atoms with Crippen LogP contribution in [0.1, 0.15) is 0 Å². The molecule has 9 aromatic rings. The summed E-state index contributed by atoms with van der Waals surface area (Å²) in [6.45, 7) is 0. The number of aromatic nitrogens is 3. The molecule has 2 heterocycles. The molecule has 3 nitrogen and oxygen atoms in total. The molecule has 0 atom stereocenters. The van der Waals surface area contributed by atoms with Gasteiger partial charge in [0.1, 0.15) is 0 Å². The smallest absolute Gasteiger partial charge is 0.160 e. The van der Waals surface area contributed by atoms with Gasteiger partial charge in [0.25, 0.3) is 0 Å². The lowest BCUT2D eigenvalue weighted by atomic mass is 9.90. The number of pyridine rings is 1. The molecule has 0 aliphatic carbocycles. The summed E-state index contributed by atoms with van der Waals surface area (Å²) < 4.78 is 0. The molecule has 0 saturated heterocycles. The van der Waals surface area contributed by atoms with Crippen LogP contribution in [-0.2, 0) is 0 Å². The Morgan fingerprint density at radius 3 is 1.33 bits per heavy atom. The molecule has 0 fully saturated rings. The van der Waals surface area contributed by atoms with E-state index in [0.29, 0.717) is 0 Å². The van der Waals surface area contributed by atoms with Gasteiger partial charge in [-0.2, -0.15) is 0 Å². The van der Waals surface area contributed by atoms with Crippen molar-refractivity contribution in [2.75, 3.05) is 0 Å². The third kappa shape index (κ3) is 4.99. The van der Waals surface area contributed by atoms with Crippen LogP contribution in [0.15, 0.2) is 176 Å². The van der Waals surface area contributed by atoms with Gasteiger partial charge in [0.2, 0.25) is 0 Å². The molecule has 9 rings (SSSR count). The first-order valence-electron chi connectivity index (χ1n) is 16.2. The second-order valence-electron chi connectivity index (χ2n) is 12.1. The van der Waals surface area contributed by atoms with Gasteiger partial charge >= 0.3 is 0 Å². The van der Waals surface area contributed by atoms with E-state index in [1.54, 1.807) is 0 Å². The summed E-state index contributed by atoms with van der Waals surface area (Å²) in [4.78, 5) is 14.3. The van der Waals surface area contributed by atoms with Crippen LogP contribution in [0.25, 0.3) is 88.5 Å². The number of rotatable bonds is 5. The van der Waals surface area contributed by atoms with Gasteiger partial charge in [-0.1, -0.05) is 133 Å². The Balaban J connectivity index is 1.19. The Hall–Kier alpha value is -6.45. The van der Waals surface area contributed by atoms with Crippen molar-refractivity contribution >= 4 is 32.3 Å². The van der Waals surface area contributed by atoms with E-state index in [1.165, 1.54) is 54.6 Å². The SMILES string of the molecule is c1ccc(-c2cc(-c3ccc4c5ccc(-c6ccc(-c7ccncc7)cc6)cc5c5ccccc5c4c3)nc(-c3ccccc3)n2)cc1. The van der Waals surface area contributed by atoms with E-state index < -0.39 is 0 Å². The monoisotopic (exact) mass is 611 g/mol. The predicted octanol–water partition coefficient (Wildman–Crippen LogP) is 11.7. The van der Waals surface area contributed by atoms with Crippen LogP contribution in [0.2, 0.25) is 0 Å². The summed E-state index contributed by atoms with van der Waals surface area (Å²) in [6.07, 6.45) is 3.67. The van der Waals surface area contributed by atoms with Crippen molar-refractivity contribution in [2.45, 2.75) is 0 Å². The first kappa shape index (κ1) is 27.8. The van der Waals surface area contributed by atoms with Gasteiger partial charge in [0, 0.05) is 29.1 Å². The van der Waals surface area contributed by atoms with Crippen molar-refractivity contribution in [3.63, 3.8) is 0 Å². The van der Waals surface area contributed by atoms with Crippen LogP contribution in [-0.4, -0.2) is 15.0 Å². The van der Waals surface area contributed by atoms with Gasteiger partial charge in [-0.15, -0.1) is 0 Å². The Bertz CT molecular complexity index is 2500. The highest BCUT2D eigenvalue weighted by Gasteiger charge is 2.14. The fourth-order valence-corrected chi connectivity index (χ4v) is 6.76. The van der Waals surface area contributed by atoms with Gasteiger partial charge in [-0.3, -0.25) is 4.98 Å². The fourth-order valence-electron chi connectivity index (χ4n) is 6.76. The van der Waals surface area contributed by atoms with E-state index in [0.717, 1.165) is 33.9 Å². The molecule has 224 valence electrons. The molecule has 0 aliphatic rings. The van der Waals surface area contributed by atoms with E-state index in [1.807, 2.05) is 48.8 Å². The maximum Gasteiger partial charge on any atom is 0.160 e. The Labute approximate surface area is 278 Å². The number of benzene rings is 7. The Morgan fingerprint density at radius 1 is 0.271 bits per heavy atom. The van der Waals surface area contributed by atoms with Crippen molar-refractivity contribution in [3.8, 4) is 56.2 Å². The summed E-state index contributed by atoms with van der Waals surface area (Å²) >= 11 is 0. The number of fused-ring (bicyclic) bond motifs is 6. The largest absolute Gasteiger partial charge is 0.265 e. The topological polar surface area (TPSA) is 38.7 Å². The van der Waals surface area contributed by atoms with Crippen molar-refractivity contribution in [2.24, 2.45) is 0 Å². The summed E-state index contributed by atoms with van der Waals surface area (Å²) in [6, 6.07) is 57.9. The standard InChI is InChI=1S/C45H29N3/c1-3-9-33(10-4-1)43-29-44(48-45(47-43)34-11-5-2-6-12-34)36-20-22-40-39-21-19-35(27-41(39)37-13-7-8-14-38(37)42(40)28-36)31-17-15-30(16-18-31)32-23-25-46-26-24-32/h1-29H. The van der Waals surface area contributed by atoms with E-state index in [4.69, 9.17) is 9.97 Å². The molecule has 0 unspecified atom stereocenters. The van der Waals surface area contributed by atoms with Gasteiger partial charge in [0.05, 0.1) is 11.4 Å². The van der Waals surface area contributed by atoms with Crippen molar-refractivity contribution in [3.05, 3.63) is 176 Å². The first-order chi connectivity index (χ1) is 23.8. The van der Waals surface area contributed by atoms with Gasteiger partial charge in [-0.05, 0) is 84.9 Å². The molecule has 0 N–H and O–H groups in total. The minimum absolute atomic E-state index is 0.719. The number of nitrogens with zero attached hydrogens (tertiary/aromatic N) is 3. The highest BCUT2D eigenvalue weighted by atomic mass is 14.9. The van der Waals surface area contributed by atoms with Gasteiger partial charge in [-0.25, -0.2) is 9.97 Å². The molecule has 3 heteroatoms. The lowest BCUT2D eigenvalue weighted by molar-refractivity contribution is 1.18. The molecule has 0 amide bonds. The lowest BCUT2D eigenvalue weighted by Gasteiger charge is -2.14. The van der Waals surface area contributed by atoms with Crippen LogP contribution in [0.4, 0.5) is 0 Å². The molecular formula is C45H29N3. The zero-order chi connectivity index (χ0) is 31.9. The highest BCUT2D eigenvalue weighted by molar-refractivity contribution is 6.26. The maximum atomic E-state index is 5.11. The van der Waals surface area contributed by atoms with E-state index in [9.17, 15) is 0 Å². The van der Waals surface area contributed by atoms with Crippen molar-refractivity contribution in [1.29, 1.82) is 0 Å². The normalized spacial score (nSPS) is 11.3. The summed E-state index contributed by atoms with van der Waals surface area (Å²) in [5.74, 6) is 0.719. The van der Waals surface area contributed by atoms with Crippen LogP contribution >= 0.6 is 0 Å². The maximum absolute atomic E-state index is 5.11. The van der Waals surface area contributed by atoms with Crippen LogP contribution in [0, 0.1) is 0 Å². The molecule has 0 spiro atoms. The molecule has 48 heavy (non-hydrogen) atoms. The summed E-state index contributed by atoms with van der Waals surface area (Å²) in [7, 11) is 0. The average molecular weight is 612 g/mol. The highest BCUT2D eigenvalue weighted by Crippen LogP contribution is 2.39. The Kier molecular flexibility index (Phi) is 6.80.